The Bertz CT molecular complexity index is 1180. The Labute approximate surface area is 163 Å². The summed E-state index contributed by atoms with van der Waals surface area (Å²) in [6, 6.07) is -0.112. The first-order valence-electron chi connectivity index (χ1n) is 7.99. The minimum Gasteiger partial charge on any atom is -0.388 e. The van der Waals surface area contributed by atoms with Crippen LogP contribution in [-0.2, 0) is 19.1 Å². The maximum atomic E-state index is 11.8. The first kappa shape index (κ1) is 21.9. The molecule has 0 radical (unpaired) electrons. The molecule has 1 atom stereocenters. The van der Waals surface area contributed by atoms with Gasteiger partial charge in [0.05, 0.1) is 0 Å². The SMILES string of the molecule is N[C@@H](CCC(=O)OC(=O)c1cc(=O)[nH]c(=O)[nH]1)C(=O)OC(=O)c1cc(=O)[nH]c(=O)[nH]1. The van der Waals surface area contributed by atoms with Crippen molar-refractivity contribution in [2.75, 3.05) is 0 Å². The summed E-state index contributed by atoms with van der Waals surface area (Å²) in [6.45, 7) is 0. The molecule has 2 aromatic rings. The average Bonchev–Trinajstić information content (AvgIpc) is 2.64. The van der Waals surface area contributed by atoms with Crippen LogP contribution in [0.25, 0.3) is 0 Å². The summed E-state index contributed by atoms with van der Waals surface area (Å²) in [5.74, 6) is -5.09. The molecule has 0 aliphatic heterocycles. The standard InChI is InChI=1S/C15H13N5O10/c16-5(11(24)30-13(26)7-4-9(22)20-15(28)18-7)1-2-10(23)29-12(25)6-3-8(21)19-14(27)17-6/h3-5H,1-2,16H2,(H2,17,19,21,27)(H2,18,20,22,28)/t5-/m0/s1. The molecule has 0 saturated heterocycles. The Kier molecular flexibility index (Phi) is 6.71. The first-order chi connectivity index (χ1) is 14.0. The first-order valence-corrected chi connectivity index (χ1v) is 7.99. The van der Waals surface area contributed by atoms with E-state index in [2.05, 4.69) is 9.47 Å². The Morgan fingerprint density at radius 2 is 1.27 bits per heavy atom. The summed E-state index contributed by atoms with van der Waals surface area (Å²) in [7, 11) is 0. The Morgan fingerprint density at radius 3 is 1.73 bits per heavy atom. The molecule has 15 heteroatoms. The highest BCUT2D eigenvalue weighted by atomic mass is 16.6. The van der Waals surface area contributed by atoms with E-state index in [1.165, 1.54) is 0 Å². The van der Waals surface area contributed by atoms with Gasteiger partial charge in [0.15, 0.2) is 0 Å². The Balaban J connectivity index is 1.88. The summed E-state index contributed by atoms with van der Waals surface area (Å²) in [6.07, 6.45) is -0.971. The molecule has 158 valence electrons. The van der Waals surface area contributed by atoms with E-state index < -0.39 is 76.6 Å². The lowest BCUT2D eigenvalue weighted by atomic mass is 10.2. The van der Waals surface area contributed by atoms with Crippen LogP contribution in [0, 0.1) is 0 Å². The zero-order valence-electron chi connectivity index (χ0n) is 14.8. The summed E-state index contributed by atoms with van der Waals surface area (Å²) in [5.41, 5.74) is 0.526. The molecule has 2 aromatic heterocycles. The number of rotatable bonds is 6. The monoisotopic (exact) mass is 423 g/mol. The third-order valence-corrected chi connectivity index (χ3v) is 3.32. The van der Waals surface area contributed by atoms with Gasteiger partial charge in [-0.2, -0.15) is 0 Å². The molecule has 2 heterocycles. The zero-order valence-corrected chi connectivity index (χ0v) is 14.8. The number of hydrogen-bond acceptors (Lipinski definition) is 11. The van der Waals surface area contributed by atoms with Crippen LogP contribution in [0.4, 0.5) is 0 Å². The molecule has 0 aromatic carbocycles. The van der Waals surface area contributed by atoms with Gasteiger partial charge in [0, 0.05) is 18.6 Å². The largest absolute Gasteiger partial charge is 0.388 e. The number of esters is 4. The number of aromatic nitrogens is 4. The van der Waals surface area contributed by atoms with Gasteiger partial charge in [-0.15, -0.1) is 0 Å². The molecule has 30 heavy (non-hydrogen) atoms. The second-order valence-electron chi connectivity index (χ2n) is 5.62. The molecule has 0 amide bonds. The molecule has 2 rings (SSSR count). The van der Waals surface area contributed by atoms with Crippen molar-refractivity contribution in [1.82, 2.24) is 19.9 Å². The lowest BCUT2D eigenvalue weighted by Gasteiger charge is -2.09. The fourth-order valence-corrected chi connectivity index (χ4v) is 1.98. The third-order valence-electron chi connectivity index (χ3n) is 3.32. The van der Waals surface area contributed by atoms with E-state index >= 15 is 0 Å². The van der Waals surface area contributed by atoms with Crippen LogP contribution in [-0.4, -0.2) is 49.9 Å². The molecular formula is C15H13N5O10. The van der Waals surface area contributed by atoms with Gasteiger partial charge in [-0.3, -0.25) is 24.4 Å². The van der Waals surface area contributed by atoms with Gasteiger partial charge < -0.3 is 25.2 Å². The van der Waals surface area contributed by atoms with Crippen LogP contribution in [0.1, 0.15) is 33.8 Å². The molecule has 0 saturated carbocycles. The van der Waals surface area contributed by atoms with Gasteiger partial charge in [0.25, 0.3) is 11.1 Å². The summed E-state index contributed by atoms with van der Waals surface area (Å²) in [4.78, 5) is 98.8. The fourth-order valence-electron chi connectivity index (χ4n) is 1.98. The van der Waals surface area contributed by atoms with Gasteiger partial charge >= 0.3 is 35.3 Å². The molecule has 6 N–H and O–H groups in total. The van der Waals surface area contributed by atoms with E-state index in [-0.39, 0.29) is 0 Å². The topological polar surface area (TPSA) is 244 Å². The normalized spacial score (nSPS) is 11.4. The van der Waals surface area contributed by atoms with E-state index in [1.54, 1.807) is 4.98 Å². The van der Waals surface area contributed by atoms with Crippen molar-refractivity contribution in [2.24, 2.45) is 5.73 Å². The number of carbonyl (C=O) groups excluding carboxylic acids is 4. The van der Waals surface area contributed by atoms with Crippen LogP contribution in [0.5, 0.6) is 0 Å². The van der Waals surface area contributed by atoms with Crippen molar-refractivity contribution in [1.29, 1.82) is 0 Å². The molecule has 0 aliphatic carbocycles. The van der Waals surface area contributed by atoms with Crippen molar-refractivity contribution < 1.29 is 28.7 Å². The highest BCUT2D eigenvalue weighted by molar-refractivity contribution is 5.97. The Hall–Kier alpha value is -4.40. The van der Waals surface area contributed by atoms with Gasteiger partial charge in [0.1, 0.15) is 17.4 Å². The van der Waals surface area contributed by atoms with Gasteiger partial charge in [-0.25, -0.2) is 24.0 Å². The summed E-state index contributed by atoms with van der Waals surface area (Å²) in [5, 5.41) is 0. The van der Waals surface area contributed by atoms with Gasteiger partial charge in [0.2, 0.25) is 0 Å². The number of aromatic amines is 4. The predicted molar refractivity (Wildman–Crippen MR) is 93.4 cm³/mol. The van der Waals surface area contributed by atoms with E-state index in [4.69, 9.17) is 5.73 Å². The maximum absolute atomic E-state index is 11.8. The molecule has 0 spiro atoms. The van der Waals surface area contributed by atoms with Crippen LogP contribution >= 0.6 is 0 Å². The molecular weight excluding hydrogens is 410 g/mol. The van der Waals surface area contributed by atoms with Crippen LogP contribution < -0.4 is 28.2 Å². The second-order valence-corrected chi connectivity index (χ2v) is 5.62. The number of hydrogen-bond donors (Lipinski definition) is 5. The molecule has 0 bridgehead atoms. The molecule has 0 aliphatic rings. The number of nitrogens with one attached hydrogen (secondary N) is 4. The van der Waals surface area contributed by atoms with E-state index in [0.29, 0.717) is 12.1 Å². The van der Waals surface area contributed by atoms with Gasteiger partial charge in [-0.1, -0.05) is 0 Å². The van der Waals surface area contributed by atoms with Crippen LogP contribution in [0.3, 0.4) is 0 Å². The van der Waals surface area contributed by atoms with Crippen molar-refractivity contribution in [2.45, 2.75) is 18.9 Å². The highest BCUT2D eigenvalue weighted by Gasteiger charge is 2.23. The third kappa shape index (κ3) is 6.06. The van der Waals surface area contributed by atoms with E-state index in [9.17, 15) is 38.4 Å². The molecule has 0 fully saturated rings. The smallest absolute Gasteiger partial charge is 0.362 e. The van der Waals surface area contributed by atoms with Crippen LogP contribution in [0.15, 0.2) is 31.3 Å². The molecule has 15 nitrogen and oxygen atoms in total. The van der Waals surface area contributed by atoms with Crippen molar-refractivity contribution in [3.05, 3.63) is 65.2 Å². The lowest BCUT2D eigenvalue weighted by molar-refractivity contribution is -0.140. The van der Waals surface area contributed by atoms with Crippen molar-refractivity contribution in [3.8, 4) is 0 Å². The molecule has 0 unspecified atom stereocenters. The predicted octanol–water partition coefficient (Wildman–Crippen LogP) is -3.39. The number of H-pyrrole nitrogens is 4. The average molecular weight is 423 g/mol. The summed E-state index contributed by atoms with van der Waals surface area (Å²) < 4.78 is 8.79. The van der Waals surface area contributed by atoms with E-state index in [1.807, 2.05) is 15.0 Å². The minimum atomic E-state index is -1.50. The summed E-state index contributed by atoms with van der Waals surface area (Å²) >= 11 is 0. The quantitative estimate of drug-likeness (QED) is 0.226. The number of ether oxygens (including phenoxy) is 2. The van der Waals surface area contributed by atoms with E-state index in [0.717, 1.165) is 0 Å². The Morgan fingerprint density at radius 1 is 0.800 bits per heavy atom. The van der Waals surface area contributed by atoms with Crippen molar-refractivity contribution in [3.63, 3.8) is 0 Å². The van der Waals surface area contributed by atoms with Crippen LogP contribution in [0.2, 0.25) is 0 Å². The minimum absolute atomic E-state index is 0.407. The van der Waals surface area contributed by atoms with Gasteiger partial charge in [-0.05, 0) is 6.42 Å². The number of nitrogens with two attached hydrogens (primary N) is 1. The van der Waals surface area contributed by atoms with Crippen molar-refractivity contribution >= 4 is 23.9 Å². The number of carbonyl (C=O) groups is 4. The maximum Gasteiger partial charge on any atom is 0.362 e. The second kappa shape index (κ2) is 9.20. The fraction of sp³-hybridized carbons (Fsp3) is 0.200. The highest BCUT2D eigenvalue weighted by Crippen LogP contribution is 2.03. The lowest BCUT2D eigenvalue weighted by Crippen LogP contribution is -2.35. The zero-order chi connectivity index (χ0) is 22.4.